The summed E-state index contributed by atoms with van der Waals surface area (Å²) in [6.45, 7) is 4.25. The number of rotatable bonds is 0. The summed E-state index contributed by atoms with van der Waals surface area (Å²) in [4.78, 5) is 0. The van der Waals surface area contributed by atoms with Gasteiger partial charge in [0.1, 0.15) is 6.17 Å². The minimum absolute atomic E-state index is 0.156. The van der Waals surface area contributed by atoms with Gasteiger partial charge in [0.25, 0.3) is 0 Å². The van der Waals surface area contributed by atoms with Gasteiger partial charge in [0.2, 0.25) is 0 Å². The van der Waals surface area contributed by atoms with Crippen LogP contribution in [0.2, 0.25) is 0 Å². The Morgan fingerprint density at radius 3 is 3.00 bits per heavy atom. The van der Waals surface area contributed by atoms with E-state index < -0.39 is 6.17 Å². The van der Waals surface area contributed by atoms with Crippen molar-refractivity contribution in [2.75, 3.05) is 0 Å². The number of fused-ring (bicyclic) bond motifs is 2. The van der Waals surface area contributed by atoms with Gasteiger partial charge < -0.3 is 5.32 Å². The number of nitrogens with one attached hydrogen (secondary N) is 1. The molecule has 0 spiro atoms. The van der Waals surface area contributed by atoms with E-state index in [0.717, 1.165) is 19.3 Å². The van der Waals surface area contributed by atoms with E-state index in [-0.39, 0.29) is 17.5 Å². The number of hydrogen-bond acceptors (Lipinski definition) is 1. The molecule has 1 nitrogen and oxygen atoms in total. The predicted molar refractivity (Wildman–Crippen MR) is 43.2 cm³/mol. The summed E-state index contributed by atoms with van der Waals surface area (Å²) < 4.78 is 13.4. The van der Waals surface area contributed by atoms with Crippen LogP contribution in [-0.2, 0) is 0 Å². The van der Waals surface area contributed by atoms with E-state index in [1.807, 2.05) is 6.92 Å². The van der Waals surface area contributed by atoms with Gasteiger partial charge in [0.15, 0.2) is 0 Å². The molecule has 1 N–H and O–H groups in total. The summed E-state index contributed by atoms with van der Waals surface area (Å²) in [5.74, 6) is 0.258. The maximum Gasteiger partial charge on any atom is 0.118 e. The fourth-order valence-corrected chi connectivity index (χ4v) is 2.69. The van der Waals surface area contributed by atoms with Gasteiger partial charge in [-0.05, 0) is 32.1 Å². The zero-order valence-corrected chi connectivity index (χ0v) is 7.23. The number of hydrogen-bond donors (Lipinski definition) is 1. The summed E-state index contributed by atoms with van der Waals surface area (Å²) in [6, 6.07) is 0.156. The highest BCUT2D eigenvalue weighted by Crippen LogP contribution is 2.39. The van der Waals surface area contributed by atoms with Crippen LogP contribution in [0.5, 0.6) is 0 Å². The van der Waals surface area contributed by atoms with E-state index in [4.69, 9.17) is 0 Å². The van der Waals surface area contributed by atoms with Crippen molar-refractivity contribution in [3.63, 3.8) is 0 Å². The number of alkyl halides is 1. The second kappa shape index (κ2) is 2.19. The topological polar surface area (TPSA) is 12.0 Å². The van der Waals surface area contributed by atoms with Crippen LogP contribution in [0.3, 0.4) is 0 Å². The molecule has 2 bridgehead atoms. The molecule has 2 heteroatoms. The highest BCUT2D eigenvalue weighted by atomic mass is 19.1. The number of halogens is 1. The van der Waals surface area contributed by atoms with Crippen LogP contribution < -0.4 is 5.32 Å². The molecule has 64 valence electrons. The third kappa shape index (κ3) is 1.08. The minimum Gasteiger partial charge on any atom is -0.306 e. The molecule has 0 amide bonds. The van der Waals surface area contributed by atoms with Gasteiger partial charge in [-0.25, -0.2) is 4.39 Å². The second-order valence-electron chi connectivity index (χ2n) is 4.48. The van der Waals surface area contributed by atoms with E-state index in [2.05, 4.69) is 12.2 Å². The maximum absolute atomic E-state index is 13.4. The Labute approximate surface area is 67.4 Å². The van der Waals surface area contributed by atoms with Gasteiger partial charge in [-0.2, -0.15) is 0 Å². The first kappa shape index (κ1) is 7.53. The molecule has 2 aliphatic heterocycles. The van der Waals surface area contributed by atoms with Crippen molar-refractivity contribution in [3.05, 3.63) is 0 Å². The molecule has 2 rings (SSSR count). The molecule has 0 aromatic carbocycles. The van der Waals surface area contributed by atoms with Crippen LogP contribution in [0.15, 0.2) is 0 Å². The first-order chi connectivity index (χ1) is 5.11. The lowest BCUT2D eigenvalue weighted by atomic mass is 9.85. The smallest absolute Gasteiger partial charge is 0.118 e. The van der Waals surface area contributed by atoms with Crippen molar-refractivity contribution in [1.82, 2.24) is 5.32 Å². The Balaban J connectivity index is 2.17. The van der Waals surface area contributed by atoms with E-state index in [0.29, 0.717) is 0 Å². The largest absolute Gasteiger partial charge is 0.306 e. The van der Waals surface area contributed by atoms with E-state index in [1.165, 1.54) is 0 Å². The maximum atomic E-state index is 13.4. The van der Waals surface area contributed by atoms with Gasteiger partial charge in [0.05, 0.1) is 0 Å². The molecular weight excluding hydrogens is 141 g/mol. The van der Waals surface area contributed by atoms with Gasteiger partial charge in [-0.1, -0.05) is 6.92 Å². The average molecular weight is 157 g/mol. The summed E-state index contributed by atoms with van der Waals surface area (Å²) >= 11 is 0. The molecule has 0 aromatic rings. The third-order valence-electron chi connectivity index (χ3n) is 3.24. The van der Waals surface area contributed by atoms with E-state index >= 15 is 0 Å². The summed E-state index contributed by atoms with van der Waals surface area (Å²) in [7, 11) is 0. The van der Waals surface area contributed by atoms with Gasteiger partial charge >= 0.3 is 0 Å². The SMILES string of the molecule is CC1C[C@@]2(C)CCC(N2)[C@@H]1F. The van der Waals surface area contributed by atoms with Crippen LogP contribution >= 0.6 is 0 Å². The first-order valence-electron chi connectivity index (χ1n) is 4.52. The summed E-state index contributed by atoms with van der Waals surface area (Å²) in [5, 5.41) is 3.37. The molecular formula is C9H16FN. The Bertz CT molecular complexity index is 171. The second-order valence-corrected chi connectivity index (χ2v) is 4.48. The van der Waals surface area contributed by atoms with Gasteiger partial charge in [-0.3, -0.25) is 0 Å². The molecule has 0 aliphatic carbocycles. The Hall–Kier alpha value is -0.110. The molecule has 2 aliphatic rings. The van der Waals surface area contributed by atoms with Crippen LogP contribution in [0.4, 0.5) is 4.39 Å². The molecule has 0 aromatic heterocycles. The molecule has 4 atom stereocenters. The minimum atomic E-state index is -0.606. The van der Waals surface area contributed by atoms with Crippen molar-refractivity contribution >= 4 is 0 Å². The normalized spacial score (nSPS) is 56.5. The van der Waals surface area contributed by atoms with Gasteiger partial charge in [0, 0.05) is 11.6 Å². The molecule has 0 saturated carbocycles. The van der Waals surface area contributed by atoms with Crippen molar-refractivity contribution in [2.24, 2.45) is 5.92 Å². The molecule has 2 saturated heterocycles. The summed E-state index contributed by atoms with van der Waals surface area (Å²) in [5.41, 5.74) is 0.257. The Morgan fingerprint density at radius 1 is 1.55 bits per heavy atom. The zero-order valence-electron chi connectivity index (χ0n) is 7.23. The fraction of sp³-hybridized carbons (Fsp3) is 1.00. The molecule has 2 heterocycles. The summed E-state index contributed by atoms with van der Waals surface area (Å²) in [6.07, 6.45) is 2.58. The lowest BCUT2D eigenvalue weighted by Crippen LogP contribution is -2.52. The Kier molecular flexibility index (Phi) is 1.50. The van der Waals surface area contributed by atoms with Crippen molar-refractivity contribution in [3.8, 4) is 0 Å². The monoisotopic (exact) mass is 157 g/mol. The molecule has 0 radical (unpaired) electrons. The third-order valence-corrected chi connectivity index (χ3v) is 3.24. The van der Waals surface area contributed by atoms with Crippen molar-refractivity contribution in [2.45, 2.75) is 50.9 Å². The number of piperidine rings is 1. The van der Waals surface area contributed by atoms with E-state index in [9.17, 15) is 4.39 Å². The predicted octanol–water partition coefficient (Wildman–Crippen LogP) is 1.88. The standard InChI is InChI=1S/C9H16FN/c1-6-5-9(2)4-3-7(11-9)8(6)10/h6-8,11H,3-5H2,1-2H3/t6?,7?,8-,9-/m1/s1. The van der Waals surface area contributed by atoms with Crippen LogP contribution in [0.25, 0.3) is 0 Å². The molecule has 2 unspecified atom stereocenters. The van der Waals surface area contributed by atoms with Crippen LogP contribution in [0, 0.1) is 5.92 Å². The highest BCUT2D eigenvalue weighted by molar-refractivity contribution is 5.04. The average Bonchev–Trinajstić information content (AvgIpc) is 2.25. The van der Waals surface area contributed by atoms with Crippen LogP contribution in [0.1, 0.15) is 33.1 Å². The van der Waals surface area contributed by atoms with Crippen LogP contribution in [-0.4, -0.2) is 17.8 Å². The zero-order chi connectivity index (χ0) is 8.06. The quantitative estimate of drug-likeness (QED) is 0.566. The Morgan fingerprint density at radius 2 is 2.27 bits per heavy atom. The lowest BCUT2D eigenvalue weighted by molar-refractivity contribution is 0.114. The van der Waals surface area contributed by atoms with E-state index in [1.54, 1.807) is 0 Å². The first-order valence-corrected chi connectivity index (χ1v) is 4.52. The van der Waals surface area contributed by atoms with Gasteiger partial charge in [-0.15, -0.1) is 0 Å². The van der Waals surface area contributed by atoms with Crippen molar-refractivity contribution < 1.29 is 4.39 Å². The molecule has 2 fully saturated rings. The molecule has 11 heavy (non-hydrogen) atoms. The highest BCUT2D eigenvalue weighted by Gasteiger charge is 2.46. The lowest BCUT2D eigenvalue weighted by Gasteiger charge is -2.37. The fourth-order valence-electron chi connectivity index (χ4n) is 2.69. The van der Waals surface area contributed by atoms with Crippen molar-refractivity contribution in [1.29, 1.82) is 0 Å².